The van der Waals surface area contributed by atoms with Gasteiger partial charge < -0.3 is 39.7 Å². The molecule has 2 heterocycles. The quantitative estimate of drug-likeness (QED) is 0.262. The molecule has 2 saturated heterocycles. The van der Waals surface area contributed by atoms with Gasteiger partial charge in [0.05, 0.1) is 12.7 Å². The fraction of sp³-hybridized carbons (Fsp3) is 1.00. The zero-order valence-electron chi connectivity index (χ0n) is 12.4. The van der Waals surface area contributed by atoms with Crippen molar-refractivity contribution in [2.24, 2.45) is 0 Å². The minimum atomic E-state index is -4.90. The Morgan fingerprint density at radius 3 is 2.21 bits per heavy atom. The molecule has 0 aliphatic carbocycles. The maximum atomic E-state index is 10.7. The van der Waals surface area contributed by atoms with E-state index in [1.165, 1.54) is 6.92 Å². The lowest BCUT2D eigenvalue weighted by Crippen LogP contribution is -2.62. The number of aliphatic hydroxyl groups is 5. The van der Waals surface area contributed by atoms with Gasteiger partial charge in [-0.05, 0) is 6.92 Å². The lowest BCUT2D eigenvalue weighted by molar-refractivity contribution is -0.347. The monoisotopic (exact) mass is 376 g/mol. The van der Waals surface area contributed by atoms with Crippen LogP contribution in [-0.4, -0.2) is 100 Å². The summed E-state index contributed by atoms with van der Waals surface area (Å²) in [6.07, 6.45) is -13.9. The van der Waals surface area contributed by atoms with Crippen LogP contribution in [0.1, 0.15) is 6.92 Å². The van der Waals surface area contributed by atoms with Crippen LogP contribution in [0.3, 0.4) is 0 Å². The van der Waals surface area contributed by atoms with Gasteiger partial charge in [0.15, 0.2) is 12.6 Å². The summed E-state index contributed by atoms with van der Waals surface area (Å²) < 4.78 is 49.5. The van der Waals surface area contributed by atoms with Gasteiger partial charge in [-0.3, -0.25) is 4.55 Å². The Bertz CT molecular complexity index is 525. The van der Waals surface area contributed by atoms with Crippen molar-refractivity contribution in [2.45, 2.75) is 62.2 Å². The Hall–Kier alpha value is -0.450. The average Bonchev–Trinajstić information content (AvgIpc) is 2.48. The molecule has 0 aromatic carbocycles. The lowest BCUT2D eigenvalue weighted by atomic mass is 9.99. The third-order valence-corrected chi connectivity index (χ3v) is 4.27. The van der Waals surface area contributed by atoms with Crippen molar-refractivity contribution >= 4 is 10.4 Å². The van der Waals surface area contributed by atoms with Gasteiger partial charge in [0.25, 0.3) is 0 Å². The number of hydrogen-bond acceptors (Lipinski definition) is 11. The molecule has 0 saturated carbocycles. The van der Waals surface area contributed by atoms with E-state index >= 15 is 0 Å². The van der Waals surface area contributed by atoms with Crippen molar-refractivity contribution < 1.29 is 56.9 Å². The fourth-order valence-corrected chi connectivity index (χ4v) is 2.92. The molecule has 2 fully saturated rings. The third kappa shape index (κ3) is 4.39. The number of hydrogen-bond donors (Lipinski definition) is 6. The largest absolute Gasteiger partial charge is 0.397 e. The van der Waals surface area contributed by atoms with Crippen molar-refractivity contribution in [1.82, 2.24) is 0 Å². The van der Waals surface area contributed by atoms with Gasteiger partial charge in [-0.25, -0.2) is 4.18 Å². The zero-order chi connectivity index (χ0) is 18.2. The molecule has 9 atom stereocenters. The summed E-state index contributed by atoms with van der Waals surface area (Å²) in [4.78, 5) is 0. The Balaban J connectivity index is 2.08. The standard InChI is InChI=1S/C11H20O12S/c1-3-5(12)7(14)8(15)11(21-3)22-9-6(13)4(2-20-10(9)16)23-24(17,18)19/h3-16H,2H2,1H3,(H,17,18,19)/t3-,4+,5-,6+,7+,8+,9-,10?,11-/m0/s1. The molecule has 0 bridgehead atoms. The highest BCUT2D eigenvalue weighted by atomic mass is 32.3. The van der Waals surface area contributed by atoms with Crippen molar-refractivity contribution in [3.05, 3.63) is 0 Å². The molecule has 142 valence electrons. The van der Waals surface area contributed by atoms with Crippen LogP contribution in [0.4, 0.5) is 0 Å². The molecular formula is C11H20O12S. The number of ether oxygens (including phenoxy) is 3. The van der Waals surface area contributed by atoms with E-state index in [-0.39, 0.29) is 0 Å². The molecular weight excluding hydrogens is 356 g/mol. The predicted octanol–water partition coefficient (Wildman–Crippen LogP) is -3.90. The Morgan fingerprint density at radius 2 is 1.62 bits per heavy atom. The molecule has 24 heavy (non-hydrogen) atoms. The molecule has 6 N–H and O–H groups in total. The SMILES string of the molecule is C[C@@H]1O[C@@H](O[C@@H]2C(O)OC[C@@H](OS(=O)(=O)O)[C@H]2O)[C@H](O)[C@H](O)[C@H]1O. The van der Waals surface area contributed by atoms with E-state index in [0.717, 1.165) is 0 Å². The molecule has 1 unspecified atom stereocenters. The molecule has 13 heteroatoms. The summed E-state index contributed by atoms with van der Waals surface area (Å²) in [5, 5.41) is 48.9. The van der Waals surface area contributed by atoms with E-state index in [9.17, 15) is 34.0 Å². The third-order valence-electron chi connectivity index (χ3n) is 3.77. The molecule has 2 rings (SSSR count). The van der Waals surface area contributed by atoms with Gasteiger partial charge in [-0.2, -0.15) is 8.42 Å². The van der Waals surface area contributed by atoms with Gasteiger partial charge in [-0.15, -0.1) is 0 Å². The van der Waals surface area contributed by atoms with Crippen LogP contribution >= 0.6 is 0 Å². The van der Waals surface area contributed by atoms with Gasteiger partial charge >= 0.3 is 10.4 Å². The van der Waals surface area contributed by atoms with Gasteiger partial charge in [-0.1, -0.05) is 0 Å². The maximum absolute atomic E-state index is 10.7. The van der Waals surface area contributed by atoms with Crippen LogP contribution in [0, 0.1) is 0 Å². The Kier molecular flexibility index (Phi) is 6.15. The fourth-order valence-electron chi connectivity index (χ4n) is 2.44. The van der Waals surface area contributed by atoms with Crippen molar-refractivity contribution in [3.8, 4) is 0 Å². The maximum Gasteiger partial charge on any atom is 0.397 e. The van der Waals surface area contributed by atoms with Crippen LogP contribution in [0.2, 0.25) is 0 Å². The average molecular weight is 376 g/mol. The first-order valence-electron chi connectivity index (χ1n) is 7.00. The highest BCUT2D eigenvalue weighted by Gasteiger charge is 2.48. The molecule has 0 spiro atoms. The normalized spacial score (nSPS) is 47.5. The van der Waals surface area contributed by atoms with Crippen LogP contribution in [0.5, 0.6) is 0 Å². The minimum Gasteiger partial charge on any atom is -0.388 e. The number of aliphatic hydroxyl groups excluding tert-OH is 5. The highest BCUT2D eigenvalue weighted by molar-refractivity contribution is 7.80. The second kappa shape index (κ2) is 7.43. The van der Waals surface area contributed by atoms with E-state index in [1.807, 2.05) is 0 Å². The van der Waals surface area contributed by atoms with Crippen molar-refractivity contribution in [3.63, 3.8) is 0 Å². The molecule has 0 aromatic heterocycles. The molecule has 0 radical (unpaired) electrons. The predicted molar refractivity (Wildman–Crippen MR) is 71.6 cm³/mol. The second-order valence-corrected chi connectivity index (χ2v) is 6.61. The summed E-state index contributed by atoms with van der Waals surface area (Å²) >= 11 is 0. The highest BCUT2D eigenvalue weighted by Crippen LogP contribution is 2.27. The number of rotatable bonds is 4. The molecule has 0 aromatic rings. The van der Waals surface area contributed by atoms with E-state index in [1.54, 1.807) is 0 Å². The molecule has 2 aliphatic heterocycles. The molecule has 0 amide bonds. The van der Waals surface area contributed by atoms with Crippen LogP contribution in [0.25, 0.3) is 0 Å². The van der Waals surface area contributed by atoms with E-state index in [0.29, 0.717) is 0 Å². The van der Waals surface area contributed by atoms with Gasteiger partial charge in [0.2, 0.25) is 0 Å². The summed E-state index contributed by atoms with van der Waals surface area (Å²) in [5.41, 5.74) is 0. The zero-order valence-corrected chi connectivity index (χ0v) is 13.3. The van der Waals surface area contributed by atoms with E-state index < -0.39 is 72.3 Å². The minimum absolute atomic E-state index is 0.562. The summed E-state index contributed by atoms with van der Waals surface area (Å²) in [5.74, 6) is 0. The van der Waals surface area contributed by atoms with Crippen LogP contribution in [0.15, 0.2) is 0 Å². The van der Waals surface area contributed by atoms with Gasteiger partial charge in [0, 0.05) is 0 Å². The van der Waals surface area contributed by atoms with Gasteiger partial charge in [0.1, 0.15) is 36.6 Å². The molecule has 12 nitrogen and oxygen atoms in total. The second-order valence-electron chi connectivity index (χ2n) is 5.56. The topological polar surface area (TPSA) is 192 Å². The summed E-state index contributed by atoms with van der Waals surface area (Å²) in [6.45, 7) is 0.832. The Morgan fingerprint density at radius 1 is 1.00 bits per heavy atom. The van der Waals surface area contributed by atoms with E-state index in [2.05, 4.69) is 4.18 Å². The van der Waals surface area contributed by atoms with E-state index in [4.69, 9.17) is 18.8 Å². The molecule has 2 aliphatic rings. The summed E-state index contributed by atoms with van der Waals surface area (Å²) in [7, 11) is -4.90. The van der Waals surface area contributed by atoms with Crippen LogP contribution in [-0.2, 0) is 28.8 Å². The van der Waals surface area contributed by atoms with Crippen molar-refractivity contribution in [2.75, 3.05) is 6.61 Å². The Labute approximate surface area is 137 Å². The smallest absolute Gasteiger partial charge is 0.388 e. The first kappa shape index (κ1) is 19.9. The van der Waals surface area contributed by atoms with Crippen molar-refractivity contribution in [1.29, 1.82) is 0 Å². The first-order chi connectivity index (χ1) is 11.0. The lowest BCUT2D eigenvalue weighted by Gasteiger charge is -2.43. The first-order valence-corrected chi connectivity index (χ1v) is 8.36. The van der Waals surface area contributed by atoms with Crippen LogP contribution < -0.4 is 0 Å². The summed E-state index contributed by atoms with van der Waals surface area (Å²) in [6, 6.07) is 0.